The lowest BCUT2D eigenvalue weighted by Crippen LogP contribution is -2.31. The molecule has 0 radical (unpaired) electrons. The van der Waals surface area contributed by atoms with Crippen molar-refractivity contribution in [3.63, 3.8) is 0 Å². The highest BCUT2D eigenvalue weighted by Gasteiger charge is 2.31. The summed E-state index contributed by atoms with van der Waals surface area (Å²) in [7, 11) is -4.62. The lowest BCUT2D eigenvalue weighted by molar-refractivity contribution is 0.0972. The van der Waals surface area contributed by atoms with Crippen LogP contribution in [-0.4, -0.2) is 46.9 Å². The molecule has 0 heterocycles. The molecule has 0 fully saturated rings. The Morgan fingerprint density at radius 2 is 1.93 bits per heavy atom. The van der Waals surface area contributed by atoms with Crippen molar-refractivity contribution in [3.05, 3.63) is 0 Å². The third-order valence-electron chi connectivity index (χ3n) is 1.44. The first-order chi connectivity index (χ1) is 6.93. The van der Waals surface area contributed by atoms with Gasteiger partial charge >= 0.3 is 13.8 Å². The van der Waals surface area contributed by atoms with E-state index < -0.39 is 13.8 Å². The van der Waals surface area contributed by atoms with Gasteiger partial charge in [-0.3, -0.25) is 0 Å². The minimum Gasteiger partial charge on any atom is -0.449 e. The molecule has 0 saturated carbocycles. The predicted octanol–water partition coefficient (Wildman–Crippen LogP) is 0.574. The molecule has 0 aliphatic heterocycles. The molecule has 0 aliphatic carbocycles. The number of carbonyl (C=O) groups excluding carboxylic acids is 1. The monoisotopic (exact) mass is 241 g/mol. The van der Waals surface area contributed by atoms with E-state index in [9.17, 15) is 9.36 Å². The number of rotatable bonds is 6. The average molecular weight is 241 g/mol. The van der Waals surface area contributed by atoms with E-state index in [1.54, 1.807) is 13.8 Å². The maximum Gasteiger partial charge on any atom is 0.435 e. The van der Waals surface area contributed by atoms with Crippen molar-refractivity contribution in [2.24, 2.45) is 0 Å². The molecule has 0 bridgehead atoms. The normalized spacial score (nSPS) is 11.2. The van der Waals surface area contributed by atoms with Gasteiger partial charge in [0.15, 0.2) is 0 Å². The van der Waals surface area contributed by atoms with Crippen LogP contribution in [0.1, 0.15) is 13.8 Å². The van der Waals surface area contributed by atoms with Crippen LogP contribution in [-0.2, 0) is 14.0 Å². The topological polar surface area (TPSA) is 96.3 Å². The van der Waals surface area contributed by atoms with Gasteiger partial charge in [0.05, 0.1) is 19.8 Å². The van der Waals surface area contributed by atoms with Gasteiger partial charge in [-0.15, -0.1) is 0 Å². The smallest absolute Gasteiger partial charge is 0.435 e. The molecule has 0 atom stereocenters. The number of carbonyl (C=O) groups is 1. The van der Waals surface area contributed by atoms with E-state index >= 15 is 0 Å². The Bertz CT molecular complexity index is 240. The molecule has 90 valence electrons. The summed E-state index contributed by atoms with van der Waals surface area (Å²) in [5.41, 5.74) is 0. The van der Waals surface area contributed by atoms with Crippen molar-refractivity contribution >= 4 is 13.8 Å². The maximum atomic E-state index is 11.1. The molecular formula is C7H16NO6P. The molecule has 1 amide bonds. The van der Waals surface area contributed by atoms with Crippen LogP contribution in [0.15, 0.2) is 0 Å². The Balaban J connectivity index is 4.32. The van der Waals surface area contributed by atoms with E-state index in [2.05, 4.69) is 4.74 Å². The summed E-state index contributed by atoms with van der Waals surface area (Å²) in [5, 5.41) is 0. The van der Waals surface area contributed by atoms with Gasteiger partial charge in [0, 0.05) is 6.61 Å². The number of hydrogen-bond donors (Lipinski definition) is 2. The molecule has 8 heteroatoms. The number of ether oxygens (including phenoxy) is 2. The molecule has 0 saturated heterocycles. The summed E-state index contributed by atoms with van der Waals surface area (Å²) in [6, 6.07) is 0. The van der Waals surface area contributed by atoms with E-state index in [1.807, 2.05) is 0 Å². The predicted molar refractivity (Wildman–Crippen MR) is 52.3 cm³/mol. The Morgan fingerprint density at radius 3 is 2.33 bits per heavy atom. The van der Waals surface area contributed by atoms with Crippen molar-refractivity contribution in [2.75, 3.05) is 26.4 Å². The molecule has 15 heavy (non-hydrogen) atoms. The Kier molecular flexibility index (Phi) is 6.51. The summed E-state index contributed by atoms with van der Waals surface area (Å²) in [4.78, 5) is 28.8. The fourth-order valence-electron chi connectivity index (χ4n) is 0.821. The molecule has 7 nitrogen and oxygen atoms in total. The first-order valence-electron chi connectivity index (χ1n) is 4.51. The Hall–Kier alpha value is -0.620. The van der Waals surface area contributed by atoms with Crippen LogP contribution < -0.4 is 0 Å². The van der Waals surface area contributed by atoms with Crippen molar-refractivity contribution in [1.29, 1.82) is 0 Å². The Labute approximate surface area is 88.2 Å². The minimum atomic E-state index is -4.62. The Morgan fingerprint density at radius 1 is 1.33 bits per heavy atom. The first-order valence-corrected chi connectivity index (χ1v) is 6.08. The molecular weight excluding hydrogens is 225 g/mol. The summed E-state index contributed by atoms with van der Waals surface area (Å²) in [5.74, 6) is 0. The molecule has 0 rings (SSSR count). The van der Waals surface area contributed by atoms with Gasteiger partial charge in [0.25, 0.3) is 0 Å². The first kappa shape index (κ1) is 14.4. The van der Waals surface area contributed by atoms with Gasteiger partial charge in [-0.25, -0.2) is 14.0 Å². The summed E-state index contributed by atoms with van der Waals surface area (Å²) in [6.45, 7) is 3.63. The van der Waals surface area contributed by atoms with Gasteiger partial charge in [0.2, 0.25) is 0 Å². The second-order valence-corrected chi connectivity index (χ2v) is 4.04. The number of hydrogen-bond acceptors (Lipinski definition) is 4. The highest BCUT2D eigenvalue weighted by Crippen LogP contribution is 2.40. The highest BCUT2D eigenvalue weighted by molar-refractivity contribution is 7.49. The third kappa shape index (κ3) is 5.74. The van der Waals surface area contributed by atoms with Crippen LogP contribution in [0.25, 0.3) is 0 Å². The second-order valence-electron chi connectivity index (χ2n) is 2.53. The van der Waals surface area contributed by atoms with E-state index in [0.717, 1.165) is 0 Å². The summed E-state index contributed by atoms with van der Waals surface area (Å²) < 4.78 is 20.7. The van der Waals surface area contributed by atoms with Gasteiger partial charge in [0.1, 0.15) is 0 Å². The summed E-state index contributed by atoms with van der Waals surface area (Å²) in [6.07, 6.45) is -1.04. The van der Waals surface area contributed by atoms with Gasteiger partial charge in [-0.05, 0) is 13.8 Å². The fraction of sp³-hybridized carbons (Fsp3) is 0.857. The van der Waals surface area contributed by atoms with E-state index in [-0.39, 0.29) is 19.8 Å². The van der Waals surface area contributed by atoms with Crippen LogP contribution in [0.5, 0.6) is 0 Å². The highest BCUT2D eigenvalue weighted by atomic mass is 31.2. The number of nitrogens with zero attached hydrogens (tertiary/aromatic N) is 1. The second kappa shape index (κ2) is 6.79. The fourth-order valence-corrected chi connectivity index (χ4v) is 1.43. The average Bonchev–Trinajstić information content (AvgIpc) is 2.10. The third-order valence-corrected chi connectivity index (χ3v) is 2.44. The van der Waals surface area contributed by atoms with Crippen LogP contribution in [0.2, 0.25) is 0 Å². The standard InChI is InChI=1S/C7H16NO6P/c1-3-13-6-5-8(15(10,11)12)7(9)14-4-2/h3-6H2,1-2H3,(H2,10,11,12). The zero-order valence-corrected chi connectivity index (χ0v) is 9.64. The molecule has 0 unspecified atom stereocenters. The minimum absolute atomic E-state index is 0.0560. The van der Waals surface area contributed by atoms with Gasteiger partial charge < -0.3 is 19.3 Å². The van der Waals surface area contributed by atoms with Crippen LogP contribution in [0.3, 0.4) is 0 Å². The quantitative estimate of drug-likeness (QED) is 0.521. The zero-order valence-electron chi connectivity index (χ0n) is 8.75. The zero-order chi connectivity index (χ0) is 11.9. The SMILES string of the molecule is CCOCCN(C(=O)OCC)P(=O)(O)O. The van der Waals surface area contributed by atoms with Crippen LogP contribution >= 0.6 is 7.75 Å². The van der Waals surface area contributed by atoms with E-state index in [1.165, 1.54) is 0 Å². The van der Waals surface area contributed by atoms with Crippen molar-refractivity contribution in [1.82, 2.24) is 4.67 Å². The van der Waals surface area contributed by atoms with E-state index in [4.69, 9.17) is 14.5 Å². The van der Waals surface area contributed by atoms with Crippen molar-refractivity contribution in [3.8, 4) is 0 Å². The molecule has 0 aromatic carbocycles. The van der Waals surface area contributed by atoms with Gasteiger partial charge in [-0.1, -0.05) is 0 Å². The van der Waals surface area contributed by atoms with Crippen LogP contribution in [0.4, 0.5) is 4.79 Å². The molecule has 0 aromatic heterocycles. The van der Waals surface area contributed by atoms with Crippen molar-refractivity contribution in [2.45, 2.75) is 13.8 Å². The molecule has 0 aromatic rings. The molecule has 2 N–H and O–H groups in total. The molecule has 0 spiro atoms. The number of amides is 1. The van der Waals surface area contributed by atoms with Crippen LogP contribution in [0, 0.1) is 0 Å². The van der Waals surface area contributed by atoms with Gasteiger partial charge in [-0.2, -0.15) is 0 Å². The maximum absolute atomic E-state index is 11.1. The van der Waals surface area contributed by atoms with Crippen molar-refractivity contribution < 1.29 is 28.6 Å². The van der Waals surface area contributed by atoms with E-state index in [0.29, 0.717) is 11.3 Å². The molecule has 0 aliphatic rings. The lowest BCUT2D eigenvalue weighted by atomic mass is 10.7. The largest absolute Gasteiger partial charge is 0.449 e. The lowest BCUT2D eigenvalue weighted by Gasteiger charge is -2.21. The summed E-state index contributed by atoms with van der Waals surface area (Å²) >= 11 is 0.